The van der Waals surface area contributed by atoms with Crippen molar-refractivity contribution in [2.75, 3.05) is 0 Å². The number of ether oxygens (including phenoxy) is 2. The third-order valence-corrected chi connectivity index (χ3v) is 10.5. The molecule has 0 fully saturated rings. The number of hydrogen-bond acceptors (Lipinski definition) is 8. The molecular weight excluding hydrogens is 476 g/mol. The van der Waals surface area contributed by atoms with Gasteiger partial charge in [0.1, 0.15) is 22.7 Å². The fourth-order valence-corrected chi connectivity index (χ4v) is 7.56. The molecule has 0 bridgehead atoms. The Morgan fingerprint density at radius 2 is 1.00 bits per heavy atom. The van der Waals surface area contributed by atoms with E-state index in [-0.39, 0.29) is 20.9 Å². The molecule has 0 heterocycles. The molecule has 0 amide bonds. The third kappa shape index (κ3) is 5.43. The Hall–Kier alpha value is -2.46. The predicted octanol–water partition coefficient (Wildman–Crippen LogP) is 5.61. The first-order valence-corrected chi connectivity index (χ1v) is 13.7. The predicted molar refractivity (Wildman–Crippen MR) is 131 cm³/mol. The molecular formula is C24H34N2O6S2. The minimum absolute atomic E-state index is 0.235. The van der Waals surface area contributed by atoms with Crippen LogP contribution in [0.3, 0.4) is 0 Å². The van der Waals surface area contributed by atoms with Gasteiger partial charge in [-0.25, -0.2) is 22.4 Å². The van der Waals surface area contributed by atoms with Crippen LogP contribution in [-0.2, 0) is 19.7 Å². The van der Waals surface area contributed by atoms with Crippen molar-refractivity contribution in [1.29, 1.82) is 5.53 Å². The standard InChI is InChI=1S/C24H34N2O6S2/c1-16-14-18(31-22(3,4)5)10-12-20(16)33(27,28)24(9,26-25)34(29,30)21-13-11-19(15-17(21)2)32-23(6,7)8/h10-15,25H,1-9H3. The van der Waals surface area contributed by atoms with Crippen LogP contribution in [-0.4, -0.2) is 32.2 Å². The molecule has 0 saturated carbocycles. The first kappa shape index (κ1) is 27.8. The van der Waals surface area contributed by atoms with E-state index in [9.17, 15) is 16.8 Å². The van der Waals surface area contributed by atoms with Gasteiger partial charge in [0.25, 0.3) is 4.20 Å². The van der Waals surface area contributed by atoms with Gasteiger partial charge in [0.2, 0.25) is 19.7 Å². The van der Waals surface area contributed by atoms with Crippen molar-refractivity contribution in [2.45, 2.75) is 87.5 Å². The van der Waals surface area contributed by atoms with Gasteiger partial charge in [-0.15, -0.1) is 0 Å². The van der Waals surface area contributed by atoms with Crippen molar-refractivity contribution in [3.05, 3.63) is 47.5 Å². The minimum atomic E-state index is -4.63. The summed E-state index contributed by atoms with van der Waals surface area (Å²) >= 11 is 0. The van der Waals surface area contributed by atoms with E-state index >= 15 is 0 Å². The van der Waals surface area contributed by atoms with Crippen LogP contribution in [0.25, 0.3) is 0 Å². The average molecular weight is 511 g/mol. The van der Waals surface area contributed by atoms with Gasteiger partial charge in [-0.05, 0) is 110 Å². The van der Waals surface area contributed by atoms with Crippen LogP contribution >= 0.6 is 0 Å². The van der Waals surface area contributed by atoms with E-state index in [4.69, 9.17) is 15.0 Å². The summed E-state index contributed by atoms with van der Waals surface area (Å²) in [5, 5.41) is 3.17. The lowest BCUT2D eigenvalue weighted by Gasteiger charge is -2.27. The topological polar surface area (TPSA) is 123 Å². The van der Waals surface area contributed by atoms with Gasteiger partial charge >= 0.3 is 0 Å². The normalized spacial score (nSPS) is 13.4. The largest absolute Gasteiger partial charge is 0.488 e. The summed E-state index contributed by atoms with van der Waals surface area (Å²) in [5.41, 5.74) is 7.23. The van der Waals surface area contributed by atoms with Crippen LogP contribution in [0, 0.1) is 19.4 Å². The molecule has 2 aromatic carbocycles. The Morgan fingerprint density at radius 1 is 0.676 bits per heavy atom. The third-order valence-electron chi connectivity index (χ3n) is 4.92. The number of nitrogens with one attached hydrogen (secondary N) is 1. The number of hydrogen-bond donors (Lipinski definition) is 1. The Balaban J connectivity index is 2.61. The number of rotatable bonds is 7. The second-order valence-corrected chi connectivity index (χ2v) is 15.0. The number of sulfone groups is 2. The first-order valence-electron chi connectivity index (χ1n) is 10.7. The van der Waals surface area contributed by atoms with Gasteiger partial charge in [-0.3, -0.25) is 0 Å². The molecule has 0 aliphatic carbocycles. The highest BCUT2D eigenvalue weighted by atomic mass is 32.3. The van der Waals surface area contributed by atoms with E-state index in [2.05, 4.69) is 5.11 Å². The van der Waals surface area contributed by atoms with Gasteiger partial charge in [0.05, 0.1) is 9.79 Å². The Bertz CT molecular complexity index is 1210. The van der Waals surface area contributed by atoms with E-state index in [1.54, 1.807) is 13.8 Å². The highest BCUT2D eigenvalue weighted by Gasteiger charge is 2.54. The molecule has 0 spiro atoms. The van der Waals surface area contributed by atoms with Crippen LogP contribution in [0.4, 0.5) is 0 Å². The quantitative estimate of drug-likeness (QED) is 0.483. The zero-order valence-electron chi connectivity index (χ0n) is 21.2. The zero-order chi connectivity index (χ0) is 26.3. The average Bonchev–Trinajstić information content (AvgIpc) is 2.64. The molecule has 0 saturated heterocycles. The SMILES string of the molecule is Cc1cc(OC(C)(C)C)ccc1S(=O)(=O)C(C)(N=N)S(=O)(=O)c1ccc(OC(C)(C)C)cc1C. The van der Waals surface area contributed by atoms with E-state index in [1.165, 1.54) is 36.4 Å². The fraction of sp³-hybridized carbons (Fsp3) is 0.500. The van der Waals surface area contributed by atoms with E-state index in [0.717, 1.165) is 6.92 Å². The van der Waals surface area contributed by atoms with Gasteiger partial charge in [0.15, 0.2) is 0 Å². The van der Waals surface area contributed by atoms with E-state index in [1.807, 2.05) is 41.5 Å². The van der Waals surface area contributed by atoms with Crippen LogP contribution in [0.15, 0.2) is 51.3 Å². The van der Waals surface area contributed by atoms with Gasteiger partial charge in [-0.2, -0.15) is 5.11 Å². The van der Waals surface area contributed by atoms with Crippen LogP contribution in [0.2, 0.25) is 0 Å². The molecule has 2 rings (SSSR count). The second kappa shape index (κ2) is 8.96. The number of nitrogens with zero attached hydrogens (tertiary/aromatic N) is 1. The van der Waals surface area contributed by atoms with Gasteiger partial charge in [0, 0.05) is 0 Å². The van der Waals surface area contributed by atoms with Gasteiger partial charge < -0.3 is 9.47 Å². The van der Waals surface area contributed by atoms with Crippen LogP contribution < -0.4 is 9.47 Å². The lowest BCUT2D eigenvalue weighted by Crippen LogP contribution is -2.42. The van der Waals surface area contributed by atoms with Crippen LogP contribution in [0.1, 0.15) is 59.6 Å². The molecule has 0 atom stereocenters. The smallest absolute Gasteiger partial charge is 0.286 e. The number of benzene rings is 2. The molecule has 0 aliphatic heterocycles. The molecule has 10 heteroatoms. The van der Waals surface area contributed by atoms with E-state index < -0.39 is 35.1 Å². The molecule has 0 radical (unpaired) electrons. The molecule has 2 aromatic rings. The van der Waals surface area contributed by atoms with Gasteiger partial charge in [-0.1, -0.05) is 0 Å². The molecule has 0 aliphatic rings. The molecule has 188 valence electrons. The van der Waals surface area contributed by atoms with Crippen molar-refractivity contribution < 1.29 is 26.3 Å². The molecule has 0 aromatic heterocycles. The molecule has 1 N–H and O–H groups in total. The van der Waals surface area contributed by atoms with Crippen molar-refractivity contribution in [2.24, 2.45) is 5.11 Å². The summed E-state index contributed by atoms with van der Waals surface area (Å²) in [6.07, 6.45) is 0. The summed E-state index contributed by atoms with van der Waals surface area (Å²) in [7, 11) is -9.26. The maximum atomic E-state index is 13.6. The summed E-state index contributed by atoms with van der Waals surface area (Å²) < 4.78 is 63.3. The molecule has 8 nitrogen and oxygen atoms in total. The van der Waals surface area contributed by atoms with Crippen molar-refractivity contribution in [3.8, 4) is 11.5 Å². The Labute approximate surface area is 203 Å². The lowest BCUT2D eigenvalue weighted by molar-refractivity contribution is 0.130. The minimum Gasteiger partial charge on any atom is -0.488 e. The highest BCUT2D eigenvalue weighted by Crippen LogP contribution is 2.40. The first-order chi connectivity index (χ1) is 15.2. The monoisotopic (exact) mass is 510 g/mol. The Kier molecular flexibility index (Phi) is 7.32. The second-order valence-electron chi connectivity index (χ2n) is 10.3. The molecule has 0 unspecified atom stereocenters. The van der Waals surface area contributed by atoms with Crippen LogP contribution in [0.5, 0.6) is 11.5 Å². The molecule has 34 heavy (non-hydrogen) atoms. The zero-order valence-corrected chi connectivity index (χ0v) is 22.8. The summed E-state index contributed by atoms with van der Waals surface area (Å²) in [6.45, 7) is 15.2. The maximum absolute atomic E-state index is 13.6. The highest BCUT2D eigenvalue weighted by molar-refractivity contribution is 8.10. The van der Waals surface area contributed by atoms with Crippen molar-refractivity contribution in [3.63, 3.8) is 0 Å². The fourth-order valence-electron chi connectivity index (χ4n) is 3.35. The summed E-state index contributed by atoms with van der Waals surface area (Å²) in [4.78, 5) is -0.470. The summed E-state index contributed by atoms with van der Waals surface area (Å²) in [5.74, 6) is 0.892. The number of aryl methyl sites for hydroxylation is 2. The van der Waals surface area contributed by atoms with E-state index in [0.29, 0.717) is 11.5 Å². The van der Waals surface area contributed by atoms with Crippen molar-refractivity contribution >= 4 is 19.7 Å². The van der Waals surface area contributed by atoms with Crippen molar-refractivity contribution in [1.82, 2.24) is 0 Å². The Morgan fingerprint density at radius 3 is 1.24 bits per heavy atom. The maximum Gasteiger partial charge on any atom is 0.286 e. The lowest BCUT2D eigenvalue weighted by atomic mass is 10.2. The summed E-state index contributed by atoms with van der Waals surface area (Å²) in [6, 6.07) is 8.56.